The molecule has 0 amide bonds. The predicted octanol–water partition coefficient (Wildman–Crippen LogP) is 2.72. The molecule has 0 radical (unpaired) electrons. The SMILES string of the molecule is CCCn1cc2cc(C=N[S@](=O)C(C)(C)C)ncc2n1. The Kier molecular flexibility index (Phi) is 4.32. The Morgan fingerprint density at radius 3 is 2.85 bits per heavy atom. The number of nitrogens with zero attached hydrogens (tertiary/aromatic N) is 4. The molecule has 0 saturated heterocycles. The average Bonchev–Trinajstić information content (AvgIpc) is 2.76. The number of hydrogen-bond donors (Lipinski definition) is 0. The van der Waals surface area contributed by atoms with Gasteiger partial charge in [0.2, 0.25) is 0 Å². The zero-order valence-corrected chi connectivity index (χ0v) is 13.1. The van der Waals surface area contributed by atoms with Gasteiger partial charge in [-0.2, -0.15) is 9.50 Å². The highest BCUT2D eigenvalue weighted by Gasteiger charge is 2.18. The summed E-state index contributed by atoms with van der Waals surface area (Å²) in [6.45, 7) is 8.69. The van der Waals surface area contributed by atoms with Gasteiger partial charge in [0.05, 0.1) is 22.9 Å². The standard InChI is InChI=1S/C14H20N4OS/c1-5-6-18-10-11-7-12(15-9-13(11)17-18)8-16-20(19)14(2,3)4/h7-10H,5-6H2,1-4H3/t20-/m1/s1. The maximum Gasteiger partial charge on any atom is 0.144 e. The lowest BCUT2D eigenvalue weighted by molar-refractivity contribution is 0.608. The minimum atomic E-state index is -1.26. The van der Waals surface area contributed by atoms with Crippen molar-refractivity contribution in [1.29, 1.82) is 0 Å². The van der Waals surface area contributed by atoms with E-state index in [-0.39, 0.29) is 4.75 Å². The quantitative estimate of drug-likeness (QED) is 0.814. The molecular formula is C14H20N4OS. The Bertz CT molecular complexity index is 655. The van der Waals surface area contributed by atoms with Crippen molar-refractivity contribution in [2.75, 3.05) is 0 Å². The lowest BCUT2D eigenvalue weighted by atomic mass is 10.3. The van der Waals surface area contributed by atoms with Crippen molar-refractivity contribution in [3.8, 4) is 0 Å². The molecule has 0 spiro atoms. The second kappa shape index (κ2) is 5.83. The summed E-state index contributed by atoms with van der Waals surface area (Å²) in [6, 6.07) is 1.91. The van der Waals surface area contributed by atoms with Crippen LogP contribution >= 0.6 is 0 Å². The van der Waals surface area contributed by atoms with Crippen molar-refractivity contribution in [1.82, 2.24) is 14.8 Å². The van der Waals surface area contributed by atoms with Crippen LogP contribution in [-0.2, 0) is 17.5 Å². The second-order valence-corrected chi connectivity index (χ2v) is 7.59. The number of hydrogen-bond acceptors (Lipinski definition) is 3. The van der Waals surface area contributed by atoms with Crippen LogP contribution in [0.15, 0.2) is 22.9 Å². The average molecular weight is 292 g/mol. The summed E-state index contributed by atoms with van der Waals surface area (Å²) in [4.78, 5) is 4.27. The van der Waals surface area contributed by atoms with Gasteiger partial charge in [-0.05, 0) is 33.3 Å². The molecule has 6 heteroatoms. The van der Waals surface area contributed by atoms with Gasteiger partial charge in [-0.15, -0.1) is 0 Å². The molecule has 5 nitrogen and oxygen atoms in total. The third kappa shape index (κ3) is 3.50. The Morgan fingerprint density at radius 1 is 1.45 bits per heavy atom. The Hall–Kier alpha value is -1.56. The summed E-state index contributed by atoms with van der Waals surface area (Å²) in [5.41, 5.74) is 1.57. The van der Waals surface area contributed by atoms with Crippen LogP contribution in [0.25, 0.3) is 10.9 Å². The van der Waals surface area contributed by atoms with Crippen molar-refractivity contribution >= 4 is 28.1 Å². The molecule has 0 unspecified atom stereocenters. The van der Waals surface area contributed by atoms with Crippen LogP contribution < -0.4 is 0 Å². The summed E-state index contributed by atoms with van der Waals surface area (Å²) in [5.74, 6) is 0. The van der Waals surface area contributed by atoms with Gasteiger partial charge in [-0.1, -0.05) is 6.92 Å². The van der Waals surface area contributed by atoms with Crippen LogP contribution in [0.5, 0.6) is 0 Å². The summed E-state index contributed by atoms with van der Waals surface area (Å²) in [6.07, 6.45) is 6.33. The number of aryl methyl sites for hydroxylation is 1. The molecule has 2 aromatic heterocycles. The van der Waals surface area contributed by atoms with E-state index in [1.54, 1.807) is 12.4 Å². The highest BCUT2D eigenvalue weighted by molar-refractivity contribution is 7.85. The van der Waals surface area contributed by atoms with Gasteiger partial charge in [0.15, 0.2) is 0 Å². The molecular weight excluding hydrogens is 272 g/mol. The van der Waals surface area contributed by atoms with E-state index in [4.69, 9.17) is 0 Å². The number of aromatic nitrogens is 3. The molecule has 0 saturated carbocycles. The number of pyridine rings is 1. The fourth-order valence-electron chi connectivity index (χ4n) is 1.67. The number of rotatable bonds is 4. The molecule has 0 aliphatic rings. The highest BCUT2D eigenvalue weighted by Crippen LogP contribution is 2.14. The summed E-state index contributed by atoms with van der Waals surface area (Å²) >= 11 is 0. The van der Waals surface area contributed by atoms with Crippen LogP contribution in [0.3, 0.4) is 0 Å². The molecule has 0 fully saturated rings. The lowest BCUT2D eigenvalue weighted by Gasteiger charge is -2.12. The zero-order chi connectivity index (χ0) is 14.8. The first-order chi connectivity index (χ1) is 9.40. The van der Waals surface area contributed by atoms with Gasteiger partial charge >= 0.3 is 0 Å². The van der Waals surface area contributed by atoms with E-state index in [0.717, 1.165) is 23.9 Å². The fraction of sp³-hybridized carbons (Fsp3) is 0.500. The van der Waals surface area contributed by atoms with Crippen molar-refractivity contribution < 1.29 is 4.21 Å². The van der Waals surface area contributed by atoms with E-state index in [1.165, 1.54) is 0 Å². The first-order valence-corrected chi connectivity index (χ1v) is 7.80. The van der Waals surface area contributed by atoms with Gasteiger partial charge in [-0.3, -0.25) is 9.67 Å². The van der Waals surface area contributed by atoms with E-state index < -0.39 is 11.0 Å². The van der Waals surface area contributed by atoms with E-state index in [2.05, 4.69) is 21.4 Å². The molecule has 0 aromatic carbocycles. The third-order valence-corrected chi connectivity index (χ3v) is 4.06. The lowest BCUT2D eigenvalue weighted by Crippen LogP contribution is -2.19. The highest BCUT2D eigenvalue weighted by atomic mass is 32.2. The fourth-order valence-corrected chi connectivity index (χ4v) is 2.19. The van der Waals surface area contributed by atoms with Gasteiger partial charge in [0, 0.05) is 18.1 Å². The van der Waals surface area contributed by atoms with E-state index in [0.29, 0.717) is 5.69 Å². The molecule has 2 aromatic rings. The minimum Gasteiger partial charge on any atom is -0.271 e. The van der Waals surface area contributed by atoms with E-state index in [1.807, 2.05) is 37.7 Å². The molecule has 0 aliphatic heterocycles. The van der Waals surface area contributed by atoms with Crippen LogP contribution in [0.4, 0.5) is 0 Å². The minimum absolute atomic E-state index is 0.355. The van der Waals surface area contributed by atoms with E-state index in [9.17, 15) is 4.21 Å². The molecule has 0 bridgehead atoms. The number of fused-ring (bicyclic) bond motifs is 1. The van der Waals surface area contributed by atoms with Crippen molar-refractivity contribution in [2.24, 2.45) is 4.40 Å². The van der Waals surface area contributed by atoms with Gasteiger partial charge in [0.25, 0.3) is 0 Å². The van der Waals surface area contributed by atoms with Gasteiger partial charge < -0.3 is 0 Å². The van der Waals surface area contributed by atoms with Gasteiger partial charge in [0.1, 0.15) is 16.5 Å². The topological polar surface area (TPSA) is 60.1 Å². The molecule has 2 rings (SSSR count). The Morgan fingerprint density at radius 2 is 2.20 bits per heavy atom. The van der Waals surface area contributed by atoms with Gasteiger partial charge in [-0.25, -0.2) is 4.21 Å². The third-order valence-electron chi connectivity index (χ3n) is 2.72. The maximum absolute atomic E-state index is 11.9. The zero-order valence-electron chi connectivity index (χ0n) is 12.3. The maximum atomic E-state index is 11.9. The monoisotopic (exact) mass is 292 g/mol. The van der Waals surface area contributed by atoms with Crippen molar-refractivity contribution in [3.63, 3.8) is 0 Å². The summed E-state index contributed by atoms with van der Waals surface area (Å²) in [7, 11) is -1.26. The van der Waals surface area contributed by atoms with Crippen LogP contribution in [-0.4, -0.2) is 29.9 Å². The molecule has 1 atom stereocenters. The van der Waals surface area contributed by atoms with Crippen molar-refractivity contribution in [3.05, 3.63) is 24.2 Å². The van der Waals surface area contributed by atoms with Crippen LogP contribution in [0.2, 0.25) is 0 Å². The predicted molar refractivity (Wildman–Crippen MR) is 83.3 cm³/mol. The van der Waals surface area contributed by atoms with Crippen molar-refractivity contribution in [2.45, 2.75) is 45.4 Å². The van der Waals surface area contributed by atoms with E-state index >= 15 is 0 Å². The van der Waals surface area contributed by atoms with Crippen LogP contribution in [0.1, 0.15) is 39.8 Å². The Labute approximate surface area is 121 Å². The summed E-state index contributed by atoms with van der Waals surface area (Å²) < 4.78 is 17.5. The normalized spacial score (nSPS) is 14.2. The molecule has 0 N–H and O–H groups in total. The largest absolute Gasteiger partial charge is 0.271 e. The smallest absolute Gasteiger partial charge is 0.144 e. The molecule has 0 aliphatic carbocycles. The first kappa shape index (κ1) is 14.8. The second-order valence-electron chi connectivity index (χ2n) is 5.66. The molecule has 108 valence electrons. The Balaban J connectivity index is 2.23. The first-order valence-electron chi connectivity index (χ1n) is 6.69. The molecule has 20 heavy (non-hydrogen) atoms. The van der Waals surface area contributed by atoms with Crippen LogP contribution in [0, 0.1) is 0 Å². The molecule has 2 heterocycles. The summed E-state index contributed by atoms with van der Waals surface area (Å²) in [5, 5.41) is 5.45.